The van der Waals surface area contributed by atoms with Gasteiger partial charge in [0.1, 0.15) is 5.71 Å². The number of ketones is 1. The van der Waals surface area contributed by atoms with Crippen molar-refractivity contribution in [1.82, 2.24) is 4.57 Å². The fourth-order valence-corrected chi connectivity index (χ4v) is 4.80. The number of aryl methyl sites for hydroxylation is 1. The van der Waals surface area contributed by atoms with Crippen LogP contribution < -0.4 is 0 Å². The Kier molecular flexibility index (Phi) is 7.16. The van der Waals surface area contributed by atoms with Gasteiger partial charge < -0.3 is 9.40 Å². The lowest BCUT2D eigenvalue weighted by Gasteiger charge is -2.07. The summed E-state index contributed by atoms with van der Waals surface area (Å²) in [5, 5.41) is 6.67. The average Bonchev–Trinajstić information content (AvgIpc) is 3.14. The van der Waals surface area contributed by atoms with E-state index in [0.717, 1.165) is 33.2 Å². The zero-order valence-electron chi connectivity index (χ0n) is 18.4. The average molecular weight is 479 g/mol. The van der Waals surface area contributed by atoms with Crippen LogP contribution in [0.5, 0.6) is 0 Å². The first-order chi connectivity index (χ1) is 16.0. The number of hydrogen-bond donors (Lipinski definition) is 0. The molecule has 33 heavy (non-hydrogen) atoms. The van der Waals surface area contributed by atoms with E-state index in [0.29, 0.717) is 22.8 Å². The SMILES string of the molecule is CCn1c2ccccc2c2cc(C(=O)C(CCSc3ccc(Cl)cc3)=NOC(C)=O)ccc21. The highest BCUT2D eigenvalue weighted by Gasteiger charge is 2.18. The Hall–Kier alpha value is -3.09. The third kappa shape index (κ3) is 5.13. The summed E-state index contributed by atoms with van der Waals surface area (Å²) in [7, 11) is 0. The molecular weight excluding hydrogens is 456 g/mol. The molecule has 1 aromatic heterocycles. The largest absolute Gasteiger partial charge is 0.341 e. The number of fused-ring (bicyclic) bond motifs is 3. The number of carbonyl (C=O) groups excluding carboxylic acids is 2. The molecule has 3 aromatic carbocycles. The van der Waals surface area contributed by atoms with Crippen molar-refractivity contribution < 1.29 is 14.4 Å². The second-order valence-corrected chi connectivity index (χ2v) is 9.10. The van der Waals surface area contributed by atoms with Crippen molar-refractivity contribution in [3.05, 3.63) is 77.3 Å². The first-order valence-corrected chi connectivity index (χ1v) is 12.0. The number of oxime groups is 1. The standard InChI is InChI=1S/C26H23ClN2O3S/c1-3-29-24-7-5-4-6-21(24)22-16-18(8-13-25(22)29)26(31)23(28-32-17(2)30)14-15-33-20-11-9-19(27)10-12-20/h4-13,16H,3,14-15H2,1-2H3. The Morgan fingerprint density at radius 3 is 2.45 bits per heavy atom. The number of rotatable bonds is 8. The molecule has 7 heteroatoms. The van der Waals surface area contributed by atoms with E-state index in [1.807, 2.05) is 54.6 Å². The summed E-state index contributed by atoms with van der Waals surface area (Å²) in [6.07, 6.45) is 0.355. The van der Waals surface area contributed by atoms with Gasteiger partial charge in [0.05, 0.1) is 0 Å². The molecule has 0 spiro atoms. The highest BCUT2D eigenvalue weighted by molar-refractivity contribution is 7.99. The monoisotopic (exact) mass is 478 g/mol. The number of carbonyl (C=O) groups is 2. The highest BCUT2D eigenvalue weighted by Crippen LogP contribution is 2.30. The van der Waals surface area contributed by atoms with Crippen molar-refractivity contribution in [2.45, 2.75) is 31.7 Å². The molecule has 0 saturated heterocycles. The van der Waals surface area contributed by atoms with E-state index in [4.69, 9.17) is 16.4 Å². The summed E-state index contributed by atoms with van der Waals surface area (Å²) >= 11 is 7.52. The topological polar surface area (TPSA) is 60.7 Å². The Bertz CT molecular complexity index is 1360. The molecule has 0 aliphatic heterocycles. The van der Waals surface area contributed by atoms with Gasteiger partial charge in [0.15, 0.2) is 0 Å². The molecule has 0 unspecified atom stereocenters. The van der Waals surface area contributed by atoms with Crippen LogP contribution in [0.3, 0.4) is 0 Å². The minimum Gasteiger partial charge on any atom is -0.341 e. The molecule has 0 fully saturated rings. The summed E-state index contributed by atoms with van der Waals surface area (Å²) in [6, 6.07) is 21.3. The van der Waals surface area contributed by atoms with Gasteiger partial charge in [-0.15, -0.1) is 11.8 Å². The van der Waals surface area contributed by atoms with Gasteiger partial charge in [-0.1, -0.05) is 35.0 Å². The first-order valence-electron chi connectivity index (χ1n) is 10.7. The molecule has 4 aromatic rings. The van der Waals surface area contributed by atoms with Crippen molar-refractivity contribution in [1.29, 1.82) is 0 Å². The molecule has 0 atom stereocenters. The quantitative estimate of drug-likeness (QED) is 0.0923. The molecule has 1 heterocycles. The van der Waals surface area contributed by atoms with Crippen molar-refractivity contribution in [2.24, 2.45) is 5.16 Å². The Labute approximate surface area is 201 Å². The molecule has 5 nitrogen and oxygen atoms in total. The predicted octanol–water partition coefficient (Wildman–Crippen LogP) is 6.75. The van der Waals surface area contributed by atoms with Gasteiger partial charge in [0, 0.05) is 62.9 Å². The second kappa shape index (κ2) is 10.2. The van der Waals surface area contributed by atoms with Gasteiger partial charge in [-0.2, -0.15) is 0 Å². The molecule has 0 N–H and O–H groups in total. The molecular formula is C26H23ClN2O3S. The van der Waals surface area contributed by atoms with E-state index in [1.165, 1.54) is 6.92 Å². The third-order valence-electron chi connectivity index (χ3n) is 5.32. The molecule has 0 radical (unpaired) electrons. The van der Waals surface area contributed by atoms with Crippen LogP contribution in [0.4, 0.5) is 0 Å². The maximum atomic E-state index is 13.3. The van der Waals surface area contributed by atoms with Crippen LogP contribution in [-0.4, -0.2) is 27.8 Å². The number of halogens is 1. The Morgan fingerprint density at radius 2 is 1.73 bits per heavy atom. The number of aromatic nitrogens is 1. The highest BCUT2D eigenvalue weighted by atomic mass is 35.5. The predicted molar refractivity (Wildman–Crippen MR) is 135 cm³/mol. The number of para-hydroxylation sites is 1. The summed E-state index contributed by atoms with van der Waals surface area (Å²) in [5.74, 6) is -0.208. The third-order valence-corrected chi connectivity index (χ3v) is 6.58. The van der Waals surface area contributed by atoms with Crippen LogP contribution in [0.25, 0.3) is 21.8 Å². The van der Waals surface area contributed by atoms with Gasteiger partial charge in [-0.05, 0) is 55.5 Å². The van der Waals surface area contributed by atoms with Gasteiger partial charge in [0.2, 0.25) is 5.78 Å². The van der Waals surface area contributed by atoms with Gasteiger partial charge in [-0.25, -0.2) is 4.79 Å². The van der Waals surface area contributed by atoms with Gasteiger partial charge in [-0.3, -0.25) is 4.79 Å². The van der Waals surface area contributed by atoms with E-state index in [1.54, 1.807) is 11.8 Å². The Morgan fingerprint density at radius 1 is 1.00 bits per heavy atom. The van der Waals surface area contributed by atoms with E-state index in [2.05, 4.69) is 28.8 Å². The number of benzene rings is 3. The molecule has 168 valence electrons. The fraction of sp³-hybridized carbons (Fsp3) is 0.192. The Balaban J connectivity index is 1.62. The lowest BCUT2D eigenvalue weighted by atomic mass is 10.0. The minimum atomic E-state index is -0.563. The van der Waals surface area contributed by atoms with Crippen LogP contribution >= 0.6 is 23.4 Å². The van der Waals surface area contributed by atoms with Gasteiger partial charge in [0.25, 0.3) is 0 Å². The molecule has 0 saturated carbocycles. The summed E-state index contributed by atoms with van der Waals surface area (Å²) in [6.45, 7) is 4.20. The number of thioether (sulfide) groups is 1. The second-order valence-electron chi connectivity index (χ2n) is 7.50. The zero-order valence-corrected chi connectivity index (χ0v) is 19.9. The summed E-state index contributed by atoms with van der Waals surface area (Å²) < 4.78 is 2.23. The first kappa shape index (κ1) is 23.1. The van der Waals surface area contributed by atoms with Crippen LogP contribution in [0.15, 0.2) is 76.8 Å². The minimum absolute atomic E-state index is 0.213. The van der Waals surface area contributed by atoms with Crippen molar-refractivity contribution in [3.8, 4) is 0 Å². The van der Waals surface area contributed by atoms with Crippen molar-refractivity contribution in [2.75, 3.05) is 5.75 Å². The number of hydrogen-bond acceptors (Lipinski definition) is 5. The van der Waals surface area contributed by atoms with Crippen LogP contribution in [-0.2, 0) is 16.2 Å². The van der Waals surface area contributed by atoms with Crippen LogP contribution in [0.1, 0.15) is 30.6 Å². The normalized spacial score (nSPS) is 11.8. The summed E-state index contributed by atoms with van der Waals surface area (Å²) in [4.78, 5) is 30.6. The van der Waals surface area contributed by atoms with E-state index >= 15 is 0 Å². The molecule has 0 aliphatic rings. The van der Waals surface area contributed by atoms with Crippen molar-refractivity contribution in [3.63, 3.8) is 0 Å². The summed E-state index contributed by atoms with van der Waals surface area (Å²) in [5.41, 5.74) is 2.94. The van der Waals surface area contributed by atoms with Crippen LogP contribution in [0, 0.1) is 0 Å². The molecule has 0 bridgehead atoms. The number of nitrogens with zero attached hydrogens (tertiary/aromatic N) is 2. The van der Waals surface area contributed by atoms with Crippen molar-refractivity contribution >= 4 is 62.6 Å². The maximum absolute atomic E-state index is 13.3. The molecule has 0 amide bonds. The molecule has 4 rings (SSSR count). The lowest BCUT2D eigenvalue weighted by Crippen LogP contribution is -2.16. The fourth-order valence-electron chi connectivity index (χ4n) is 3.82. The van der Waals surface area contributed by atoms with Crippen LogP contribution in [0.2, 0.25) is 5.02 Å². The number of Topliss-reactive ketones (excluding diaryl/α,β-unsaturated/α-hetero) is 1. The smallest absolute Gasteiger partial charge is 0.331 e. The lowest BCUT2D eigenvalue weighted by molar-refractivity contribution is -0.140. The zero-order chi connectivity index (χ0) is 23.4. The van der Waals surface area contributed by atoms with E-state index < -0.39 is 5.97 Å². The molecule has 0 aliphatic carbocycles. The maximum Gasteiger partial charge on any atom is 0.331 e. The van der Waals surface area contributed by atoms with Gasteiger partial charge >= 0.3 is 5.97 Å². The van der Waals surface area contributed by atoms with E-state index in [-0.39, 0.29) is 11.5 Å². The van der Waals surface area contributed by atoms with E-state index in [9.17, 15) is 9.59 Å².